The molecule has 2 N–H and O–H groups in total. The van der Waals surface area contributed by atoms with Crippen LogP contribution in [0.25, 0.3) is 0 Å². The summed E-state index contributed by atoms with van der Waals surface area (Å²) in [7, 11) is 1.83. The van der Waals surface area contributed by atoms with Gasteiger partial charge in [0.05, 0.1) is 13.0 Å². The summed E-state index contributed by atoms with van der Waals surface area (Å²) in [6, 6.07) is 3.43. The third kappa shape index (κ3) is 3.72. The van der Waals surface area contributed by atoms with Gasteiger partial charge in [-0.2, -0.15) is 0 Å². The first kappa shape index (κ1) is 12.2. The number of nitrogens with two attached hydrogens (primary N) is 1. The first-order chi connectivity index (χ1) is 7.63. The van der Waals surface area contributed by atoms with Crippen LogP contribution in [0, 0.1) is 0 Å². The summed E-state index contributed by atoms with van der Waals surface area (Å²) in [5.41, 5.74) is 5.42. The van der Waals surface area contributed by atoms with Crippen LogP contribution in [0.2, 0.25) is 0 Å². The lowest BCUT2D eigenvalue weighted by atomic mass is 10.4. The third-order valence-electron chi connectivity index (χ3n) is 2.02. The van der Waals surface area contributed by atoms with Gasteiger partial charge in [0.15, 0.2) is 5.82 Å². The van der Waals surface area contributed by atoms with Gasteiger partial charge in [0.1, 0.15) is 5.82 Å². The van der Waals surface area contributed by atoms with Crippen LogP contribution in [-0.2, 0) is 9.53 Å². The molecule has 0 aliphatic rings. The molecule has 0 radical (unpaired) electrons. The molecule has 0 saturated heterocycles. The van der Waals surface area contributed by atoms with Crippen molar-refractivity contribution in [2.45, 2.75) is 13.3 Å². The Kier molecular flexibility index (Phi) is 4.50. The molecule has 0 atom stereocenters. The highest BCUT2D eigenvalue weighted by atomic mass is 16.5. The minimum Gasteiger partial charge on any atom is -0.466 e. The number of anilines is 2. The molecule has 0 aliphatic heterocycles. The Labute approximate surface area is 94.4 Å². The summed E-state index contributed by atoms with van der Waals surface area (Å²) in [4.78, 5) is 13.0. The fourth-order valence-corrected chi connectivity index (χ4v) is 1.15. The highest BCUT2D eigenvalue weighted by Crippen LogP contribution is 2.08. The van der Waals surface area contributed by atoms with E-state index in [0.717, 1.165) is 0 Å². The van der Waals surface area contributed by atoms with Crippen molar-refractivity contribution in [2.24, 2.45) is 0 Å². The van der Waals surface area contributed by atoms with Gasteiger partial charge in [0.25, 0.3) is 0 Å². The van der Waals surface area contributed by atoms with Crippen molar-refractivity contribution >= 4 is 17.6 Å². The maximum absolute atomic E-state index is 11.1. The van der Waals surface area contributed by atoms with Crippen molar-refractivity contribution in [1.82, 2.24) is 10.2 Å². The van der Waals surface area contributed by atoms with Crippen LogP contribution >= 0.6 is 0 Å². The Morgan fingerprint density at radius 2 is 2.25 bits per heavy atom. The Bertz CT molecular complexity index is 339. The first-order valence-electron chi connectivity index (χ1n) is 5.09. The van der Waals surface area contributed by atoms with Crippen molar-refractivity contribution < 1.29 is 9.53 Å². The average Bonchev–Trinajstić information content (AvgIpc) is 2.27. The smallest absolute Gasteiger partial charge is 0.307 e. The van der Waals surface area contributed by atoms with Gasteiger partial charge in [-0.15, -0.1) is 10.2 Å². The van der Waals surface area contributed by atoms with Gasteiger partial charge in [-0.1, -0.05) is 0 Å². The van der Waals surface area contributed by atoms with E-state index >= 15 is 0 Å². The van der Waals surface area contributed by atoms with Gasteiger partial charge in [-0.25, -0.2) is 0 Å². The number of hydrogen-bond donors (Lipinski definition) is 1. The van der Waals surface area contributed by atoms with E-state index in [-0.39, 0.29) is 5.97 Å². The third-order valence-corrected chi connectivity index (χ3v) is 2.02. The van der Waals surface area contributed by atoms with Gasteiger partial charge in [0, 0.05) is 13.6 Å². The lowest BCUT2D eigenvalue weighted by molar-refractivity contribution is -0.142. The zero-order valence-corrected chi connectivity index (χ0v) is 9.51. The predicted molar refractivity (Wildman–Crippen MR) is 61.0 cm³/mol. The van der Waals surface area contributed by atoms with E-state index in [2.05, 4.69) is 10.2 Å². The Hall–Kier alpha value is -1.85. The lowest BCUT2D eigenvalue weighted by Crippen LogP contribution is -2.23. The summed E-state index contributed by atoms with van der Waals surface area (Å²) in [5, 5.41) is 7.63. The second kappa shape index (κ2) is 5.89. The van der Waals surface area contributed by atoms with Crippen molar-refractivity contribution in [2.75, 3.05) is 30.8 Å². The lowest BCUT2D eigenvalue weighted by Gasteiger charge is -2.16. The summed E-state index contributed by atoms with van der Waals surface area (Å²) in [5.74, 6) is 0.846. The van der Waals surface area contributed by atoms with E-state index in [1.54, 1.807) is 19.1 Å². The number of rotatable bonds is 5. The average molecular weight is 224 g/mol. The number of carbonyl (C=O) groups excluding carboxylic acids is 1. The standard InChI is InChI=1S/C10H16N4O2/c1-3-16-10(15)6-7-14(2)9-5-4-8(11)12-13-9/h4-5H,3,6-7H2,1-2H3,(H2,11,12). The molecule has 1 aromatic heterocycles. The molecule has 6 nitrogen and oxygen atoms in total. The highest BCUT2D eigenvalue weighted by Gasteiger charge is 2.07. The van der Waals surface area contributed by atoms with Crippen LogP contribution < -0.4 is 10.6 Å². The van der Waals surface area contributed by atoms with Gasteiger partial charge < -0.3 is 15.4 Å². The van der Waals surface area contributed by atoms with E-state index in [9.17, 15) is 4.79 Å². The molecule has 0 aromatic carbocycles. The topological polar surface area (TPSA) is 81.3 Å². The van der Waals surface area contributed by atoms with Crippen molar-refractivity contribution in [3.8, 4) is 0 Å². The quantitative estimate of drug-likeness (QED) is 0.731. The van der Waals surface area contributed by atoms with E-state index < -0.39 is 0 Å². The zero-order valence-electron chi connectivity index (χ0n) is 9.51. The summed E-state index contributed by atoms with van der Waals surface area (Å²) in [6.07, 6.45) is 0.330. The molecule has 1 heterocycles. The van der Waals surface area contributed by atoms with E-state index in [1.165, 1.54) is 0 Å². The van der Waals surface area contributed by atoms with Gasteiger partial charge >= 0.3 is 5.97 Å². The van der Waals surface area contributed by atoms with Crippen LogP contribution in [0.15, 0.2) is 12.1 Å². The van der Waals surface area contributed by atoms with Gasteiger partial charge in [-0.3, -0.25) is 4.79 Å². The fraction of sp³-hybridized carbons (Fsp3) is 0.500. The Morgan fingerprint density at radius 3 is 2.81 bits per heavy atom. The minimum atomic E-state index is -0.210. The summed E-state index contributed by atoms with van der Waals surface area (Å²) >= 11 is 0. The van der Waals surface area contributed by atoms with E-state index in [4.69, 9.17) is 10.5 Å². The SMILES string of the molecule is CCOC(=O)CCN(C)c1ccc(N)nn1. The molecule has 1 aromatic rings. The maximum atomic E-state index is 11.1. The largest absolute Gasteiger partial charge is 0.466 e. The number of aromatic nitrogens is 2. The van der Waals surface area contributed by atoms with E-state index in [0.29, 0.717) is 31.2 Å². The number of hydrogen-bond acceptors (Lipinski definition) is 6. The van der Waals surface area contributed by atoms with E-state index in [1.807, 2.05) is 11.9 Å². The Balaban J connectivity index is 2.43. The number of nitrogen functional groups attached to an aromatic ring is 1. The molecule has 16 heavy (non-hydrogen) atoms. The molecule has 0 bridgehead atoms. The summed E-state index contributed by atoms with van der Waals surface area (Å²) in [6.45, 7) is 2.73. The molecule has 0 unspecified atom stereocenters. The van der Waals surface area contributed by atoms with Crippen LogP contribution in [0.4, 0.5) is 11.6 Å². The molecule has 0 amide bonds. The van der Waals surface area contributed by atoms with Crippen molar-refractivity contribution in [3.63, 3.8) is 0 Å². The molecule has 88 valence electrons. The Morgan fingerprint density at radius 1 is 1.50 bits per heavy atom. The van der Waals surface area contributed by atoms with Gasteiger partial charge in [-0.05, 0) is 19.1 Å². The number of carbonyl (C=O) groups is 1. The molecule has 0 spiro atoms. The second-order valence-corrected chi connectivity index (χ2v) is 3.29. The molecule has 0 saturated carbocycles. The molecule has 0 aliphatic carbocycles. The first-order valence-corrected chi connectivity index (χ1v) is 5.09. The number of ether oxygens (including phenoxy) is 1. The summed E-state index contributed by atoms with van der Waals surface area (Å²) < 4.78 is 4.83. The highest BCUT2D eigenvalue weighted by molar-refractivity contribution is 5.70. The molecular formula is C10H16N4O2. The van der Waals surface area contributed by atoms with Crippen LogP contribution in [-0.4, -0.2) is 36.4 Å². The predicted octanol–water partition coefficient (Wildman–Crippen LogP) is 0.448. The monoisotopic (exact) mass is 224 g/mol. The normalized spacial score (nSPS) is 9.88. The molecule has 0 fully saturated rings. The second-order valence-electron chi connectivity index (χ2n) is 3.29. The van der Waals surface area contributed by atoms with Crippen LogP contribution in [0.3, 0.4) is 0 Å². The fourth-order valence-electron chi connectivity index (χ4n) is 1.15. The number of nitrogens with zero attached hydrogens (tertiary/aromatic N) is 3. The molecular weight excluding hydrogens is 208 g/mol. The van der Waals surface area contributed by atoms with Crippen molar-refractivity contribution in [1.29, 1.82) is 0 Å². The molecule has 1 rings (SSSR count). The number of esters is 1. The van der Waals surface area contributed by atoms with Crippen LogP contribution in [0.5, 0.6) is 0 Å². The molecule has 6 heteroatoms. The maximum Gasteiger partial charge on any atom is 0.307 e. The van der Waals surface area contributed by atoms with Crippen molar-refractivity contribution in [3.05, 3.63) is 12.1 Å². The van der Waals surface area contributed by atoms with Crippen LogP contribution in [0.1, 0.15) is 13.3 Å². The minimum absolute atomic E-state index is 0.210. The van der Waals surface area contributed by atoms with Gasteiger partial charge in [0.2, 0.25) is 0 Å². The zero-order chi connectivity index (χ0) is 12.0.